The summed E-state index contributed by atoms with van der Waals surface area (Å²) >= 11 is 0. The lowest BCUT2D eigenvalue weighted by Gasteiger charge is -2.30. The fourth-order valence-corrected chi connectivity index (χ4v) is 5.81. The highest BCUT2D eigenvalue weighted by Crippen LogP contribution is 2.26. The number of piperidine rings is 1. The highest BCUT2D eigenvalue weighted by Gasteiger charge is 2.32. The first-order chi connectivity index (χ1) is 16.5. The standard InChI is InChI=1S/C27H32N2O4S/c30-27(28-16-6-19-33-20-15-22-7-2-1-3-8-22)24-13-17-29(18-14-24)34(31,32)26-12-11-23-9-4-5-10-25(23)21-26/h1-5,7-12,21,24H,6,13-20H2,(H,28,30). The van der Waals surface area contributed by atoms with Crippen LogP contribution in [0.4, 0.5) is 0 Å². The van der Waals surface area contributed by atoms with Gasteiger partial charge in [-0.2, -0.15) is 4.31 Å². The van der Waals surface area contributed by atoms with E-state index >= 15 is 0 Å². The number of nitrogens with zero attached hydrogens (tertiary/aromatic N) is 1. The van der Waals surface area contributed by atoms with E-state index in [4.69, 9.17) is 4.74 Å². The van der Waals surface area contributed by atoms with Gasteiger partial charge in [0.25, 0.3) is 0 Å². The normalized spacial score (nSPS) is 15.4. The van der Waals surface area contributed by atoms with E-state index in [1.54, 1.807) is 12.1 Å². The molecular formula is C27H32N2O4S. The number of benzene rings is 3. The number of fused-ring (bicyclic) bond motifs is 1. The third-order valence-corrected chi connectivity index (χ3v) is 8.22. The molecule has 0 spiro atoms. The van der Waals surface area contributed by atoms with E-state index in [2.05, 4.69) is 17.4 Å². The van der Waals surface area contributed by atoms with Gasteiger partial charge in [-0.05, 0) is 54.2 Å². The Morgan fingerprint density at radius 1 is 0.912 bits per heavy atom. The Bertz CT molecular complexity index is 1190. The van der Waals surface area contributed by atoms with Gasteiger partial charge in [0.2, 0.25) is 15.9 Å². The molecule has 1 aliphatic rings. The van der Waals surface area contributed by atoms with E-state index < -0.39 is 10.0 Å². The van der Waals surface area contributed by atoms with Crippen LogP contribution < -0.4 is 5.32 Å². The third kappa shape index (κ3) is 6.23. The van der Waals surface area contributed by atoms with E-state index in [-0.39, 0.29) is 11.8 Å². The van der Waals surface area contributed by atoms with Crippen molar-refractivity contribution in [1.29, 1.82) is 0 Å². The second kappa shape index (κ2) is 11.6. The molecule has 1 aliphatic heterocycles. The van der Waals surface area contributed by atoms with E-state index in [1.165, 1.54) is 9.87 Å². The summed E-state index contributed by atoms with van der Waals surface area (Å²) in [5.74, 6) is -0.144. The Morgan fingerprint density at radius 3 is 2.38 bits per heavy atom. The molecule has 0 unspecified atom stereocenters. The van der Waals surface area contributed by atoms with Gasteiger partial charge >= 0.3 is 0 Å². The van der Waals surface area contributed by atoms with Crippen LogP contribution in [0, 0.1) is 5.92 Å². The molecule has 1 fully saturated rings. The van der Waals surface area contributed by atoms with E-state index in [0.29, 0.717) is 50.6 Å². The number of nitrogens with one attached hydrogen (secondary N) is 1. The van der Waals surface area contributed by atoms with Crippen LogP contribution >= 0.6 is 0 Å². The van der Waals surface area contributed by atoms with Crippen molar-refractivity contribution in [2.24, 2.45) is 5.92 Å². The number of carbonyl (C=O) groups is 1. The van der Waals surface area contributed by atoms with Gasteiger partial charge in [0, 0.05) is 32.2 Å². The molecule has 1 heterocycles. The number of rotatable bonds is 10. The molecule has 0 radical (unpaired) electrons. The van der Waals surface area contributed by atoms with Crippen LogP contribution in [0.3, 0.4) is 0 Å². The summed E-state index contributed by atoms with van der Waals surface area (Å²) in [4.78, 5) is 12.8. The molecule has 0 atom stereocenters. The second-order valence-corrected chi connectivity index (χ2v) is 10.6. The van der Waals surface area contributed by atoms with Crippen molar-refractivity contribution < 1.29 is 17.9 Å². The molecule has 0 aromatic heterocycles. The molecule has 3 aromatic rings. The minimum absolute atomic E-state index is 0.00652. The summed E-state index contributed by atoms with van der Waals surface area (Å²) in [6.45, 7) is 2.56. The Balaban J connectivity index is 1.17. The fourth-order valence-electron chi connectivity index (χ4n) is 4.30. The number of carbonyl (C=O) groups excluding carboxylic acids is 1. The molecule has 0 bridgehead atoms. The lowest BCUT2D eigenvalue weighted by atomic mass is 9.97. The zero-order valence-electron chi connectivity index (χ0n) is 19.4. The van der Waals surface area contributed by atoms with Crippen molar-refractivity contribution in [3.8, 4) is 0 Å². The quantitative estimate of drug-likeness (QED) is 0.445. The fraction of sp³-hybridized carbons (Fsp3) is 0.370. The molecule has 1 saturated heterocycles. The van der Waals surface area contributed by atoms with Gasteiger partial charge < -0.3 is 10.1 Å². The summed E-state index contributed by atoms with van der Waals surface area (Å²) in [5, 5.41) is 4.90. The first kappa shape index (κ1) is 24.4. The summed E-state index contributed by atoms with van der Waals surface area (Å²) in [7, 11) is -3.57. The number of amides is 1. The lowest BCUT2D eigenvalue weighted by molar-refractivity contribution is -0.126. The maximum atomic E-state index is 13.1. The third-order valence-electron chi connectivity index (χ3n) is 6.33. The first-order valence-corrected chi connectivity index (χ1v) is 13.4. The molecule has 180 valence electrons. The Hall–Kier alpha value is -2.74. The SMILES string of the molecule is O=C(NCCCOCCc1ccccc1)C1CCN(S(=O)(=O)c2ccc3ccccc3c2)CC1. The Labute approximate surface area is 202 Å². The zero-order chi connectivity index (χ0) is 23.8. The number of sulfonamides is 1. The van der Waals surface area contributed by atoms with Gasteiger partial charge in [-0.1, -0.05) is 60.7 Å². The summed E-state index contributed by atoms with van der Waals surface area (Å²) < 4.78 is 33.4. The summed E-state index contributed by atoms with van der Waals surface area (Å²) in [6.07, 6.45) is 2.71. The molecular weight excluding hydrogens is 448 g/mol. The van der Waals surface area contributed by atoms with Crippen molar-refractivity contribution in [3.63, 3.8) is 0 Å². The minimum atomic E-state index is -3.57. The molecule has 0 saturated carbocycles. The highest BCUT2D eigenvalue weighted by molar-refractivity contribution is 7.89. The predicted molar refractivity (Wildman–Crippen MR) is 134 cm³/mol. The van der Waals surface area contributed by atoms with Gasteiger partial charge in [0.1, 0.15) is 0 Å². The van der Waals surface area contributed by atoms with Crippen LogP contribution in [0.2, 0.25) is 0 Å². The van der Waals surface area contributed by atoms with Crippen LogP contribution in [0.5, 0.6) is 0 Å². The molecule has 7 heteroatoms. The molecule has 0 aliphatic carbocycles. The minimum Gasteiger partial charge on any atom is -0.381 e. The first-order valence-electron chi connectivity index (χ1n) is 11.9. The van der Waals surface area contributed by atoms with E-state index in [9.17, 15) is 13.2 Å². The molecule has 3 aromatic carbocycles. The molecule has 1 N–H and O–H groups in total. The number of ether oxygens (including phenoxy) is 1. The van der Waals surface area contributed by atoms with Gasteiger partial charge in [0.05, 0.1) is 11.5 Å². The van der Waals surface area contributed by atoms with Gasteiger partial charge in [-0.3, -0.25) is 4.79 Å². The Kier molecular flexibility index (Phi) is 8.32. The van der Waals surface area contributed by atoms with Crippen LogP contribution in [0.15, 0.2) is 77.7 Å². The predicted octanol–water partition coefficient (Wildman–Crippen LogP) is 4.01. The van der Waals surface area contributed by atoms with Gasteiger partial charge in [-0.25, -0.2) is 8.42 Å². The van der Waals surface area contributed by atoms with Crippen molar-refractivity contribution in [3.05, 3.63) is 78.4 Å². The Morgan fingerprint density at radius 2 is 1.62 bits per heavy atom. The molecule has 6 nitrogen and oxygen atoms in total. The van der Waals surface area contributed by atoms with Crippen LogP contribution in [0.25, 0.3) is 10.8 Å². The van der Waals surface area contributed by atoms with E-state index in [1.807, 2.05) is 48.5 Å². The van der Waals surface area contributed by atoms with Crippen molar-refractivity contribution in [1.82, 2.24) is 9.62 Å². The number of hydrogen-bond donors (Lipinski definition) is 1. The van der Waals surface area contributed by atoms with Crippen LogP contribution in [-0.2, 0) is 26.0 Å². The highest BCUT2D eigenvalue weighted by atomic mass is 32.2. The summed E-state index contributed by atoms with van der Waals surface area (Å²) in [5.41, 5.74) is 1.25. The maximum absolute atomic E-state index is 13.1. The van der Waals surface area contributed by atoms with Crippen LogP contribution in [-0.4, -0.2) is 51.5 Å². The average Bonchev–Trinajstić information content (AvgIpc) is 2.88. The lowest BCUT2D eigenvalue weighted by Crippen LogP contribution is -2.43. The van der Waals surface area contributed by atoms with Crippen LogP contribution in [0.1, 0.15) is 24.8 Å². The van der Waals surface area contributed by atoms with Crippen molar-refractivity contribution in [2.45, 2.75) is 30.6 Å². The largest absolute Gasteiger partial charge is 0.381 e. The van der Waals surface area contributed by atoms with Gasteiger partial charge in [-0.15, -0.1) is 0 Å². The maximum Gasteiger partial charge on any atom is 0.243 e. The molecule has 4 rings (SSSR count). The van der Waals surface area contributed by atoms with Gasteiger partial charge in [0.15, 0.2) is 0 Å². The average molecular weight is 481 g/mol. The van der Waals surface area contributed by atoms with E-state index in [0.717, 1.165) is 23.6 Å². The number of hydrogen-bond acceptors (Lipinski definition) is 4. The van der Waals surface area contributed by atoms with Crippen molar-refractivity contribution in [2.75, 3.05) is 32.8 Å². The smallest absolute Gasteiger partial charge is 0.243 e. The van der Waals surface area contributed by atoms with Crippen molar-refractivity contribution >= 4 is 26.7 Å². The zero-order valence-corrected chi connectivity index (χ0v) is 20.2. The topological polar surface area (TPSA) is 75.7 Å². The summed E-state index contributed by atoms with van der Waals surface area (Å²) in [6, 6.07) is 23.2. The molecule has 34 heavy (non-hydrogen) atoms. The second-order valence-electron chi connectivity index (χ2n) is 8.68. The monoisotopic (exact) mass is 480 g/mol. The molecule has 1 amide bonds.